The number of unbranched alkanes of at least 4 members (excludes halogenated alkanes) is 1. The average Bonchev–Trinajstić information content (AvgIpc) is 2.55. The molecule has 112 valence electrons. The number of fused-ring (bicyclic) bond motifs is 1. The van der Waals surface area contributed by atoms with Crippen LogP contribution >= 0.6 is 0 Å². The van der Waals surface area contributed by atoms with Gasteiger partial charge in [-0.05, 0) is 43.2 Å². The summed E-state index contributed by atoms with van der Waals surface area (Å²) < 4.78 is 0. The molecule has 0 bridgehead atoms. The molecule has 1 aliphatic carbocycles. The molecule has 3 heteroatoms. The smallest absolute Gasteiger partial charge is 0.0984 e. The van der Waals surface area contributed by atoms with Crippen molar-refractivity contribution in [3.8, 4) is 0 Å². The molecule has 3 nitrogen and oxygen atoms in total. The van der Waals surface area contributed by atoms with E-state index in [9.17, 15) is 0 Å². The maximum Gasteiger partial charge on any atom is 0.0984 e. The standard InChI is InChI=1S/C10H12.C7H14O3/c1-2-6-10-8-4-3-7-9(10)5-1;1-2-3-4-7-5-6-8-10-9-7/h1-2,5-6H,3-4,7-8H2;7H,2-6H2,1H3. The molecule has 0 spiro atoms. The van der Waals surface area contributed by atoms with Crippen molar-refractivity contribution in [2.45, 2.75) is 64.4 Å². The van der Waals surface area contributed by atoms with Crippen molar-refractivity contribution < 1.29 is 14.8 Å². The Bertz CT molecular complexity index is 347. The van der Waals surface area contributed by atoms with Crippen molar-refractivity contribution in [1.29, 1.82) is 0 Å². The van der Waals surface area contributed by atoms with Gasteiger partial charge in [-0.25, -0.2) is 9.78 Å². The third-order valence-corrected chi connectivity index (χ3v) is 3.89. The minimum atomic E-state index is 0.258. The number of hydrogen-bond acceptors (Lipinski definition) is 3. The number of rotatable bonds is 3. The van der Waals surface area contributed by atoms with Gasteiger partial charge in [0.05, 0.1) is 12.7 Å². The van der Waals surface area contributed by atoms with Gasteiger partial charge in [0.25, 0.3) is 0 Å². The van der Waals surface area contributed by atoms with Crippen molar-refractivity contribution in [3.63, 3.8) is 0 Å². The molecule has 1 aromatic carbocycles. The lowest BCUT2D eigenvalue weighted by Gasteiger charge is -2.19. The molecule has 0 N–H and O–H groups in total. The minimum Gasteiger partial charge on any atom is -0.206 e. The molecule has 1 fully saturated rings. The van der Waals surface area contributed by atoms with Crippen LogP contribution in [-0.4, -0.2) is 12.7 Å². The van der Waals surface area contributed by atoms with E-state index in [0.29, 0.717) is 6.61 Å². The van der Waals surface area contributed by atoms with Crippen molar-refractivity contribution in [3.05, 3.63) is 35.4 Å². The van der Waals surface area contributed by atoms with Crippen LogP contribution in [0.25, 0.3) is 0 Å². The first-order chi connectivity index (χ1) is 9.90. The summed E-state index contributed by atoms with van der Waals surface area (Å²) in [7, 11) is 0. The highest BCUT2D eigenvalue weighted by molar-refractivity contribution is 5.28. The second-order valence-electron chi connectivity index (χ2n) is 5.51. The third kappa shape index (κ3) is 5.23. The van der Waals surface area contributed by atoms with E-state index in [2.05, 4.69) is 41.1 Å². The predicted octanol–water partition coefficient (Wildman–Crippen LogP) is 4.39. The van der Waals surface area contributed by atoms with Gasteiger partial charge >= 0.3 is 0 Å². The minimum absolute atomic E-state index is 0.258. The lowest BCUT2D eigenvalue weighted by atomic mass is 9.92. The SMILES string of the molecule is CCCCC1CCOOO1.c1ccc2c(c1)CCCC2. The van der Waals surface area contributed by atoms with E-state index in [4.69, 9.17) is 4.89 Å². The van der Waals surface area contributed by atoms with Gasteiger partial charge in [-0.2, -0.15) is 0 Å². The predicted molar refractivity (Wildman–Crippen MR) is 79.1 cm³/mol. The molecule has 0 radical (unpaired) electrons. The molecule has 0 saturated carbocycles. The van der Waals surface area contributed by atoms with Crippen LogP contribution in [-0.2, 0) is 27.7 Å². The fraction of sp³-hybridized carbons (Fsp3) is 0.647. The second-order valence-corrected chi connectivity index (χ2v) is 5.51. The van der Waals surface area contributed by atoms with Crippen LogP contribution in [0, 0.1) is 0 Å². The van der Waals surface area contributed by atoms with Gasteiger partial charge in [-0.1, -0.05) is 49.1 Å². The van der Waals surface area contributed by atoms with E-state index in [0.717, 1.165) is 12.8 Å². The molecule has 3 rings (SSSR count). The van der Waals surface area contributed by atoms with Gasteiger partial charge in [0.15, 0.2) is 0 Å². The van der Waals surface area contributed by atoms with Crippen LogP contribution in [0.3, 0.4) is 0 Å². The van der Waals surface area contributed by atoms with Gasteiger partial charge in [-0.15, -0.1) is 0 Å². The van der Waals surface area contributed by atoms with Crippen LogP contribution in [0.2, 0.25) is 0 Å². The maximum atomic E-state index is 4.86. The van der Waals surface area contributed by atoms with Crippen LogP contribution in [0.5, 0.6) is 0 Å². The molecule has 1 unspecified atom stereocenters. The van der Waals surface area contributed by atoms with Crippen LogP contribution in [0.4, 0.5) is 0 Å². The first kappa shape index (κ1) is 15.5. The second kappa shape index (κ2) is 9.11. The molecule has 1 aliphatic heterocycles. The quantitative estimate of drug-likeness (QED) is 0.767. The molecule has 2 aliphatic rings. The van der Waals surface area contributed by atoms with Crippen LogP contribution in [0.1, 0.15) is 56.6 Å². The van der Waals surface area contributed by atoms with E-state index >= 15 is 0 Å². The molecule has 20 heavy (non-hydrogen) atoms. The first-order valence-electron chi connectivity index (χ1n) is 7.92. The van der Waals surface area contributed by atoms with Crippen LogP contribution < -0.4 is 0 Å². The average molecular weight is 278 g/mol. The third-order valence-electron chi connectivity index (χ3n) is 3.89. The molecule has 0 amide bonds. The molecular weight excluding hydrogens is 252 g/mol. The van der Waals surface area contributed by atoms with Crippen molar-refractivity contribution >= 4 is 0 Å². The first-order valence-corrected chi connectivity index (χ1v) is 7.92. The highest BCUT2D eigenvalue weighted by Gasteiger charge is 2.14. The largest absolute Gasteiger partial charge is 0.206 e. The van der Waals surface area contributed by atoms with E-state index in [1.54, 1.807) is 11.1 Å². The lowest BCUT2D eigenvalue weighted by Crippen LogP contribution is -2.21. The fourth-order valence-corrected chi connectivity index (χ4v) is 2.65. The monoisotopic (exact) mass is 278 g/mol. The summed E-state index contributed by atoms with van der Waals surface area (Å²) >= 11 is 0. The Hall–Kier alpha value is -0.900. The Kier molecular flexibility index (Phi) is 7.06. The Morgan fingerprint density at radius 2 is 1.80 bits per heavy atom. The van der Waals surface area contributed by atoms with Gasteiger partial charge < -0.3 is 0 Å². The normalized spacial score (nSPS) is 21.6. The maximum absolute atomic E-state index is 4.86. The summed E-state index contributed by atoms with van der Waals surface area (Å²) in [5, 5.41) is 4.38. The lowest BCUT2D eigenvalue weighted by molar-refractivity contribution is -0.549. The molecular formula is C17H26O3. The van der Waals surface area contributed by atoms with E-state index in [-0.39, 0.29) is 6.10 Å². The zero-order valence-corrected chi connectivity index (χ0v) is 12.5. The zero-order valence-electron chi connectivity index (χ0n) is 12.5. The van der Waals surface area contributed by atoms with Crippen molar-refractivity contribution in [1.82, 2.24) is 0 Å². The van der Waals surface area contributed by atoms with E-state index in [1.165, 1.54) is 38.5 Å². The molecule has 1 saturated heterocycles. The highest BCUT2D eigenvalue weighted by Crippen LogP contribution is 2.19. The van der Waals surface area contributed by atoms with Crippen molar-refractivity contribution in [2.75, 3.05) is 6.61 Å². The summed E-state index contributed by atoms with van der Waals surface area (Å²) in [6.07, 6.45) is 10.1. The van der Waals surface area contributed by atoms with Gasteiger partial charge in [-0.3, -0.25) is 0 Å². The molecule has 1 aromatic rings. The number of hydrogen-bond donors (Lipinski definition) is 0. The molecule has 1 atom stereocenters. The summed E-state index contributed by atoms with van der Waals surface area (Å²) in [5.41, 5.74) is 3.16. The Morgan fingerprint density at radius 1 is 1.10 bits per heavy atom. The van der Waals surface area contributed by atoms with Gasteiger partial charge in [0.2, 0.25) is 0 Å². The van der Waals surface area contributed by atoms with E-state index < -0.39 is 0 Å². The zero-order chi connectivity index (χ0) is 14.0. The molecule has 0 aromatic heterocycles. The molecule has 1 heterocycles. The van der Waals surface area contributed by atoms with E-state index in [1.807, 2.05) is 0 Å². The Balaban J connectivity index is 0.000000147. The Morgan fingerprint density at radius 3 is 2.35 bits per heavy atom. The topological polar surface area (TPSA) is 27.7 Å². The number of benzene rings is 1. The Labute approximate surface area is 122 Å². The number of aryl methyl sites for hydroxylation is 2. The summed E-state index contributed by atoms with van der Waals surface area (Å²) in [6.45, 7) is 2.83. The van der Waals surface area contributed by atoms with Gasteiger partial charge in [0, 0.05) is 6.42 Å². The van der Waals surface area contributed by atoms with Crippen molar-refractivity contribution in [2.24, 2.45) is 0 Å². The van der Waals surface area contributed by atoms with Gasteiger partial charge in [0.1, 0.15) is 0 Å². The summed E-state index contributed by atoms with van der Waals surface area (Å²) in [4.78, 5) is 9.42. The van der Waals surface area contributed by atoms with Crippen LogP contribution in [0.15, 0.2) is 24.3 Å². The summed E-state index contributed by atoms with van der Waals surface area (Å²) in [5.74, 6) is 0. The highest BCUT2D eigenvalue weighted by atomic mass is 17.5. The fourth-order valence-electron chi connectivity index (χ4n) is 2.65. The summed E-state index contributed by atoms with van der Waals surface area (Å²) in [6, 6.07) is 8.80.